The quantitative estimate of drug-likeness (QED) is 0.795. The van der Waals surface area contributed by atoms with Crippen molar-refractivity contribution in [3.8, 4) is 0 Å². The number of nitrogens with zero attached hydrogens (tertiary/aromatic N) is 2. The number of aromatic nitrogens is 2. The number of carbonyl (C=O) groups excluding carboxylic acids is 1. The molecule has 0 atom stereocenters. The minimum Gasteiger partial charge on any atom is -0.383 e. The van der Waals surface area contributed by atoms with E-state index < -0.39 is 0 Å². The summed E-state index contributed by atoms with van der Waals surface area (Å²) < 4.78 is 7.40. The Morgan fingerprint density at radius 1 is 1.47 bits per heavy atom. The lowest BCUT2D eigenvalue weighted by Gasteiger charge is -2.07. The maximum atomic E-state index is 12.5. The molecule has 5 heteroatoms. The lowest BCUT2D eigenvalue weighted by molar-refractivity contribution is 0.102. The van der Waals surface area contributed by atoms with Crippen molar-refractivity contribution in [2.24, 2.45) is 0 Å². The summed E-state index contributed by atoms with van der Waals surface area (Å²) in [7, 11) is 1.63. The molecular formula is C14H15BrN2O2. The zero-order valence-corrected chi connectivity index (χ0v) is 12.5. The molecule has 0 aliphatic heterocycles. The van der Waals surface area contributed by atoms with Crippen molar-refractivity contribution in [2.45, 2.75) is 13.5 Å². The van der Waals surface area contributed by atoms with Crippen LogP contribution >= 0.6 is 15.9 Å². The van der Waals surface area contributed by atoms with Gasteiger partial charge in [-0.3, -0.25) is 9.48 Å². The van der Waals surface area contributed by atoms with Gasteiger partial charge in [0.15, 0.2) is 0 Å². The van der Waals surface area contributed by atoms with Gasteiger partial charge in [0.2, 0.25) is 5.78 Å². The third-order valence-corrected chi connectivity index (χ3v) is 3.38. The van der Waals surface area contributed by atoms with Gasteiger partial charge < -0.3 is 4.74 Å². The van der Waals surface area contributed by atoms with E-state index in [-0.39, 0.29) is 5.78 Å². The van der Waals surface area contributed by atoms with Gasteiger partial charge in [0.05, 0.1) is 23.8 Å². The fraction of sp³-hybridized carbons (Fsp3) is 0.286. The second-order valence-corrected chi connectivity index (χ2v) is 5.11. The largest absolute Gasteiger partial charge is 0.383 e. The van der Waals surface area contributed by atoms with Gasteiger partial charge in [-0.15, -0.1) is 0 Å². The summed E-state index contributed by atoms with van der Waals surface area (Å²) in [5.41, 5.74) is 2.28. The molecule has 0 saturated heterocycles. The minimum atomic E-state index is -0.0378. The fourth-order valence-corrected chi connectivity index (χ4v) is 2.33. The first kappa shape index (κ1) is 14.0. The summed E-state index contributed by atoms with van der Waals surface area (Å²) in [4.78, 5) is 12.5. The van der Waals surface area contributed by atoms with E-state index in [0.29, 0.717) is 28.9 Å². The van der Waals surface area contributed by atoms with Gasteiger partial charge in [-0.1, -0.05) is 23.8 Å². The van der Waals surface area contributed by atoms with Gasteiger partial charge in [0.25, 0.3) is 0 Å². The molecule has 0 aliphatic carbocycles. The van der Waals surface area contributed by atoms with Crippen molar-refractivity contribution in [3.05, 3.63) is 51.8 Å². The number of halogens is 1. The summed E-state index contributed by atoms with van der Waals surface area (Å²) >= 11 is 3.38. The Morgan fingerprint density at radius 2 is 2.26 bits per heavy atom. The number of ketones is 1. The van der Waals surface area contributed by atoms with Gasteiger partial charge >= 0.3 is 0 Å². The maximum absolute atomic E-state index is 12.5. The van der Waals surface area contributed by atoms with Crippen molar-refractivity contribution in [3.63, 3.8) is 0 Å². The highest BCUT2D eigenvalue weighted by Crippen LogP contribution is 2.20. The number of carbonyl (C=O) groups is 1. The monoisotopic (exact) mass is 322 g/mol. The van der Waals surface area contributed by atoms with Gasteiger partial charge in [-0.2, -0.15) is 5.10 Å². The third kappa shape index (κ3) is 3.11. The number of ether oxygens (including phenoxy) is 1. The number of benzene rings is 1. The first-order valence-corrected chi connectivity index (χ1v) is 6.74. The van der Waals surface area contributed by atoms with E-state index in [1.807, 2.05) is 31.2 Å². The third-order valence-electron chi connectivity index (χ3n) is 2.80. The maximum Gasteiger partial charge on any atom is 0.212 e. The standard InChI is InChI=1S/C14H15BrN2O2/c1-10-4-3-5-11(8-10)14(18)13-12(15)9-16-17(13)6-7-19-2/h3-5,8-9H,6-7H2,1-2H3. The molecule has 0 bridgehead atoms. The number of aryl methyl sites for hydroxylation is 1. The van der Waals surface area contributed by atoms with Gasteiger partial charge in [-0.25, -0.2) is 0 Å². The van der Waals surface area contributed by atoms with E-state index in [1.165, 1.54) is 0 Å². The summed E-state index contributed by atoms with van der Waals surface area (Å²) in [6.45, 7) is 3.03. The molecule has 0 unspecified atom stereocenters. The van der Waals surface area contributed by atoms with Crippen LogP contribution in [0.4, 0.5) is 0 Å². The highest BCUT2D eigenvalue weighted by Gasteiger charge is 2.18. The zero-order chi connectivity index (χ0) is 13.8. The van der Waals surface area contributed by atoms with Crippen molar-refractivity contribution in [1.29, 1.82) is 0 Å². The second-order valence-electron chi connectivity index (χ2n) is 4.26. The molecule has 0 aliphatic rings. The van der Waals surface area contributed by atoms with Crippen molar-refractivity contribution in [2.75, 3.05) is 13.7 Å². The molecule has 0 radical (unpaired) electrons. The zero-order valence-electron chi connectivity index (χ0n) is 10.9. The van der Waals surface area contributed by atoms with Crippen molar-refractivity contribution >= 4 is 21.7 Å². The van der Waals surface area contributed by atoms with Crippen LogP contribution in [0, 0.1) is 6.92 Å². The molecule has 0 amide bonds. The van der Waals surface area contributed by atoms with Crippen LogP contribution in [0.25, 0.3) is 0 Å². The van der Waals surface area contributed by atoms with E-state index in [9.17, 15) is 4.79 Å². The van der Waals surface area contributed by atoms with Crippen LogP contribution in [-0.4, -0.2) is 29.3 Å². The summed E-state index contributed by atoms with van der Waals surface area (Å²) in [5, 5.41) is 4.19. The Labute approximate surface area is 120 Å². The van der Waals surface area contributed by atoms with E-state index >= 15 is 0 Å². The molecule has 4 nitrogen and oxygen atoms in total. The number of hydrogen-bond donors (Lipinski definition) is 0. The smallest absolute Gasteiger partial charge is 0.212 e. The van der Waals surface area contributed by atoms with Crippen LogP contribution < -0.4 is 0 Å². The van der Waals surface area contributed by atoms with Gasteiger partial charge in [-0.05, 0) is 28.9 Å². The predicted octanol–water partition coefficient (Wildman–Crippen LogP) is 2.83. The molecular weight excluding hydrogens is 308 g/mol. The van der Waals surface area contributed by atoms with Crippen LogP contribution in [0.3, 0.4) is 0 Å². The minimum absolute atomic E-state index is 0.0378. The fourth-order valence-electron chi connectivity index (χ4n) is 1.86. The lowest BCUT2D eigenvalue weighted by Crippen LogP contribution is -2.14. The molecule has 100 valence electrons. The molecule has 0 spiro atoms. The average Bonchev–Trinajstić information content (AvgIpc) is 2.76. The normalized spacial score (nSPS) is 10.7. The molecule has 1 heterocycles. The number of rotatable bonds is 5. The Morgan fingerprint density at radius 3 is 2.95 bits per heavy atom. The van der Waals surface area contributed by atoms with E-state index in [4.69, 9.17) is 4.74 Å². The van der Waals surface area contributed by atoms with Crippen LogP contribution in [0.1, 0.15) is 21.6 Å². The van der Waals surface area contributed by atoms with Crippen LogP contribution in [0.15, 0.2) is 34.9 Å². The molecule has 0 saturated carbocycles. The highest BCUT2D eigenvalue weighted by molar-refractivity contribution is 9.10. The van der Waals surface area contributed by atoms with E-state index in [0.717, 1.165) is 5.56 Å². The lowest BCUT2D eigenvalue weighted by atomic mass is 10.1. The topological polar surface area (TPSA) is 44.1 Å². The Balaban J connectivity index is 2.35. The van der Waals surface area contributed by atoms with Gasteiger partial charge in [0, 0.05) is 12.7 Å². The molecule has 1 aromatic heterocycles. The molecule has 1 aromatic carbocycles. The molecule has 19 heavy (non-hydrogen) atoms. The van der Waals surface area contributed by atoms with Crippen molar-refractivity contribution < 1.29 is 9.53 Å². The molecule has 2 aromatic rings. The highest BCUT2D eigenvalue weighted by atomic mass is 79.9. The second kappa shape index (κ2) is 6.12. The Bertz CT molecular complexity index is 593. The molecule has 0 N–H and O–H groups in total. The first-order valence-electron chi connectivity index (χ1n) is 5.95. The summed E-state index contributed by atoms with van der Waals surface area (Å²) in [6.07, 6.45) is 1.64. The van der Waals surface area contributed by atoms with Crippen LogP contribution in [-0.2, 0) is 11.3 Å². The SMILES string of the molecule is COCCn1ncc(Br)c1C(=O)c1cccc(C)c1. The van der Waals surface area contributed by atoms with Crippen LogP contribution in [0.5, 0.6) is 0 Å². The average molecular weight is 323 g/mol. The predicted molar refractivity (Wildman–Crippen MR) is 76.4 cm³/mol. The molecule has 2 rings (SSSR count). The molecule has 0 fully saturated rings. The van der Waals surface area contributed by atoms with Crippen molar-refractivity contribution in [1.82, 2.24) is 9.78 Å². The van der Waals surface area contributed by atoms with Gasteiger partial charge in [0.1, 0.15) is 5.69 Å². The van der Waals surface area contributed by atoms with E-state index in [1.54, 1.807) is 18.0 Å². The number of methoxy groups -OCH3 is 1. The number of hydrogen-bond acceptors (Lipinski definition) is 3. The summed E-state index contributed by atoms with van der Waals surface area (Å²) in [6, 6.07) is 7.54. The summed E-state index contributed by atoms with van der Waals surface area (Å²) in [5.74, 6) is -0.0378. The van der Waals surface area contributed by atoms with Crippen LogP contribution in [0.2, 0.25) is 0 Å². The first-order chi connectivity index (χ1) is 9.13. The Hall–Kier alpha value is -1.46. The Kier molecular flexibility index (Phi) is 4.50. The van der Waals surface area contributed by atoms with E-state index in [2.05, 4.69) is 21.0 Å².